The molecule has 3 atom stereocenters. The number of nitrogens with zero attached hydrogens (tertiary/aromatic N) is 1. The van der Waals surface area contributed by atoms with E-state index in [-0.39, 0.29) is 18.1 Å². The lowest BCUT2D eigenvalue weighted by Crippen LogP contribution is -2.40. The van der Waals surface area contributed by atoms with E-state index < -0.39 is 17.7 Å². The van der Waals surface area contributed by atoms with E-state index in [4.69, 9.17) is 0 Å². The third-order valence-corrected chi connectivity index (χ3v) is 4.38. The van der Waals surface area contributed by atoms with Gasteiger partial charge in [-0.1, -0.05) is 0 Å². The third-order valence-electron chi connectivity index (χ3n) is 4.38. The third kappa shape index (κ3) is 2.46. The number of rotatable bonds is 2. The number of carbonyl (C=O) groups is 2. The summed E-state index contributed by atoms with van der Waals surface area (Å²) in [6, 6.07) is 3.73. The van der Waals surface area contributed by atoms with Gasteiger partial charge >= 0.3 is 12.0 Å². The first kappa shape index (κ1) is 13.9. The van der Waals surface area contributed by atoms with E-state index >= 15 is 0 Å². The molecular formula is C15H17FN2O3. The lowest BCUT2D eigenvalue weighted by Gasteiger charge is -2.23. The van der Waals surface area contributed by atoms with E-state index in [0.717, 1.165) is 18.4 Å². The molecule has 2 saturated heterocycles. The Morgan fingerprint density at radius 2 is 2.10 bits per heavy atom. The number of benzene rings is 1. The highest BCUT2D eigenvalue weighted by molar-refractivity contribution is 5.91. The maximum Gasteiger partial charge on any atom is 0.322 e. The van der Waals surface area contributed by atoms with Gasteiger partial charge in [-0.3, -0.25) is 4.79 Å². The van der Waals surface area contributed by atoms with Gasteiger partial charge in [0.25, 0.3) is 0 Å². The van der Waals surface area contributed by atoms with Crippen molar-refractivity contribution in [1.82, 2.24) is 4.90 Å². The van der Waals surface area contributed by atoms with Crippen LogP contribution < -0.4 is 5.32 Å². The number of hydrogen-bond acceptors (Lipinski definition) is 2. The largest absolute Gasteiger partial charge is 0.481 e. The van der Waals surface area contributed by atoms with Crippen LogP contribution in [0.4, 0.5) is 14.9 Å². The first-order valence-corrected chi connectivity index (χ1v) is 7.05. The fraction of sp³-hybridized carbons (Fsp3) is 0.467. The fourth-order valence-electron chi connectivity index (χ4n) is 3.57. The number of fused-ring (bicyclic) bond motifs is 2. The molecule has 0 spiro atoms. The van der Waals surface area contributed by atoms with E-state index in [0.29, 0.717) is 12.1 Å². The molecule has 0 aromatic heterocycles. The molecule has 6 heteroatoms. The van der Waals surface area contributed by atoms with Crippen molar-refractivity contribution in [2.24, 2.45) is 5.92 Å². The minimum absolute atomic E-state index is 0.0224. The second kappa shape index (κ2) is 5.02. The summed E-state index contributed by atoms with van der Waals surface area (Å²) in [6.45, 7) is 1.75. The molecule has 21 heavy (non-hydrogen) atoms. The van der Waals surface area contributed by atoms with Crippen LogP contribution in [-0.4, -0.2) is 34.1 Å². The maximum absolute atomic E-state index is 13.3. The molecule has 2 bridgehead atoms. The zero-order chi connectivity index (χ0) is 15.1. The van der Waals surface area contributed by atoms with Crippen LogP contribution in [0.2, 0.25) is 0 Å². The monoisotopic (exact) mass is 292 g/mol. The van der Waals surface area contributed by atoms with Crippen molar-refractivity contribution in [1.29, 1.82) is 0 Å². The SMILES string of the molecule is Cc1cc(F)cc(NC(=O)N2C3CCC2C(C(=O)O)C3)c1. The molecule has 112 valence electrons. The van der Waals surface area contributed by atoms with Gasteiger partial charge < -0.3 is 15.3 Å². The Balaban J connectivity index is 1.76. The van der Waals surface area contributed by atoms with Crippen LogP contribution in [0.1, 0.15) is 24.8 Å². The molecule has 2 aliphatic rings. The van der Waals surface area contributed by atoms with Crippen LogP contribution in [0.3, 0.4) is 0 Å². The fourth-order valence-corrected chi connectivity index (χ4v) is 3.57. The molecule has 2 amide bonds. The molecule has 0 saturated carbocycles. The number of anilines is 1. The lowest BCUT2D eigenvalue weighted by molar-refractivity contribution is -0.142. The second-order valence-corrected chi connectivity index (χ2v) is 5.83. The Kier molecular flexibility index (Phi) is 3.31. The Morgan fingerprint density at radius 3 is 2.71 bits per heavy atom. The predicted octanol–water partition coefficient (Wildman–Crippen LogP) is 2.60. The summed E-state index contributed by atoms with van der Waals surface area (Å²) >= 11 is 0. The summed E-state index contributed by atoms with van der Waals surface area (Å²) in [4.78, 5) is 25.2. The maximum atomic E-state index is 13.3. The number of hydrogen-bond donors (Lipinski definition) is 2. The number of halogens is 1. The van der Waals surface area contributed by atoms with Gasteiger partial charge in [-0.15, -0.1) is 0 Å². The normalized spacial score (nSPS) is 27.0. The van der Waals surface area contributed by atoms with Gasteiger partial charge in [-0.2, -0.15) is 0 Å². The molecule has 3 rings (SSSR count). The number of nitrogens with one attached hydrogen (secondary N) is 1. The molecule has 2 heterocycles. The van der Waals surface area contributed by atoms with Gasteiger partial charge in [-0.25, -0.2) is 9.18 Å². The molecule has 3 unspecified atom stereocenters. The van der Waals surface area contributed by atoms with Gasteiger partial charge in [0.05, 0.1) is 5.92 Å². The van der Waals surface area contributed by atoms with E-state index in [1.165, 1.54) is 12.1 Å². The molecule has 0 aliphatic carbocycles. The summed E-state index contributed by atoms with van der Waals surface area (Å²) in [5, 5.41) is 11.9. The number of aliphatic carboxylic acids is 1. The van der Waals surface area contributed by atoms with Crippen LogP contribution >= 0.6 is 0 Å². The van der Waals surface area contributed by atoms with Gasteiger partial charge in [0, 0.05) is 17.8 Å². The van der Waals surface area contributed by atoms with Crippen molar-refractivity contribution in [3.8, 4) is 0 Å². The molecule has 5 nitrogen and oxygen atoms in total. The quantitative estimate of drug-likeness (QED) is 0.880. The molecule has 2 fully saturated rings. The van der Waals surface area contributed by atoms with Gasteiger partial charge in [0.1, 0.15) is 5.82 Å². The van der Waals surface area contributed by atoms with Crippen molar-refractivity contribution in [3.63, 3.8) is 0 Å². The Hall–Kier alpha value is -2.11. The zero-order valence-electron chi connectivity index (χ0n) is 11.7. The average Bonchev–Trinajstić information content (AvgIpc) is 2.94. The van der Waals surface area contributed by atoms with Gasteiger partial charge in [0.15, 0.2) is 0 Å². The summed E-state index contributed by atoms with van der Waals surface area (Å²) in [5.41, 5.74) is 1.12. The highest BCUT2D eigenvalue weighted by Gasteiger charge is 2.51. The van der Waals surface area contributed by atoms with Crippen LogP contribution in [0.15, 0.2) is 18.2 Å². The van der Waals surface area contributed by atoms with E-state index in [9.17, 15) is 19.1 Å². The molecule has 0 radical (unpaired) electrons. The molecular weight excluding hydrogens is 275 g/mol. The van der Waals surface area contributed by atoms with Crippen molar-refractivity contribution in [2.75, 3.05) is 5.32 Å². The molecule has 1 aromatic rings. The second-order valence-electron chi connectivity index (χ2n) is 5.83. The van der Waals surface area contributed by atoms with E-state index in [1.54, 1.807) is 17.9 Å². The number of aryl methyl sites for hydroxylation is 1. The van der Waals surface area contributed by atoms with Gasteiger partial charge in [-0.05, 0) is 49.9 Å². The number of urea groups is 1. The van der Waals surface area contributed by atoms with Crippen LogP contribution in [-0.2, 0) is 4.79 Å². The number of carbonyl (C=O) groups excluding carboxylic acids is 1. The number of amides is 2. The first-order chi connectivity index (χ1) is 9.95. The molecule has 2 N–H and O–H groups in total. The van der Waals surface area contributed by atoms with Crippen LogP contribution in [0.25, 0.3) is 0 Å². The summed E-state index contributed by atoms with van der Waals surface area (Å²) in [5.74, 6) is -1.73. The standard InChI is InChI=1S/C15H17FN2O3/c1-8-4-9(16)6-10(5-8)17-15(21)18-11-2-3-13(18)12(7-11)14(19)20/h4-6,11-13H,2-3,7H2,1H3,(H,17,21)(H,19,20). The first-order valence-electron chi connectivity index (χ1n) is 7.05. The predicted molar refractivity (Wildman–Crippen MR) is 74.5 cm³/mol. The smallest absolute Gasteiger partial charge is 0.322 e. The van der Waals surface area contributed by atoms with E-state index in [1.807, 2.05) is 0 Å². The summed E-state index contributed by atoms with van der Waals surface area (Å²) in [6.07, 6.45) is 2.07. The van der Waals surface area contributed by atoms with Crippen LogP contribution in [0, 0.1) is 18.7 Å². The number of carboxylic acids is 1. The summed E-state index contributed by atoms with van der Waals surface area (Å²) in [7, 11) is 0. The van der Waals surface area contributed by atoms with Crippen molar-refractivity contribution >= 4 is 17.7 Å². The zero-order valence-corrected chi connectivity index (χ0v) is 11.7. The van der Waals surface area contributed by atoms with Crippen LogP contribution in [0.5, 0.6) is 0 Å². The lowest BCUT2D eigenvalue weighted by atomic mass is 9.89. The topological polar surface area (TPSA) is 69.6 Å². The minimum Gasteiger partial charge on any atom is -0.481 e. The minimum atomic E-state index is -0.846. The van der Waals surface area contributed by atoms with Crippen molar-refractivity contribution in [3.05, 3.63) is 29.6 Å². The highest BCUT2D eigenvalue weighted by atomic mass is 19.1. The van der Waals surface area contributed by atoms with E-state index in [2.05, 4.69) is 5.32 Å². The molecule has 2 aliphatic heterocycles. The Bertz CT molecular complexity index is 584. The number of carboxylic acid groups (broad SMARTS) is 1. The highest BCUT2D eigenvalue weighted by Crippen LogP contribution is 2.42. The average molecular weight is 292 g/mol. The van der Waals surface area contributed by atoms with Gasteiger partial charge in [0.2, 0.25) is 0 Å². The summed E-state index contributed by atoms with van der Waals surface area (Å²) < 4.78 is 13.3. The molecule has 1 aromatic carbocycles. The Labute approximate surface area is 121 Å². The van der Waals surface area contributed by atoms with Crippen molar-refractivity contribution < 1.29 is 19.1 Å². The van der Waals surface area contributed by atoms with Crippen molar-refractivity contribution in [2.45, 2.75) is 38.3 Å². The Morgan fingerprint density at radius 1 is 1.33 bits per heavy atom.